The Bertz CT molecular complexity index is 1010. The Hall–Kier alpha value is -3.15. The molecule has 0 spiro atoms. The SMILES string of the molecule is CCOC(=O)[C@H]1C(=O)Nc2nc3ccccc3n2[C@H]1c1ccccc1C. The smallest absolute Gasteiger partial charge is 0.321 e. The molecule has 6 nitrogen and oxygen atoms in total. The number of hydrogen-bond acceptors (Lipinski definition) is 4. The average molecular weight is 349 g/mol. The molecule has 0 aliphatic carbocycles. The van der Waals surface area contributed by atoms with Gasteiger partial charge in [-0.1, -0.05) is 36.4 Å². The molecule has 0 saturated heterocycles. The number of aryl methyl sites for hydroxylation is 1. The summed E-state index contributed by atoms with van der Waals surface area (Å²) in [4.78, 5) is 30.0. The number of benzene rings is 2. The lowest BCUT2D eigenvalue weighted by Gasteiger charge is -2.33. The van der Waals surface area contributed by atoms with Crippen LogP contribution in [0.2, 0.25) is 0 Å². The van der Waals surface area contributed by atoms with E-state index in [9.17, 15) is 9.59 Å². The van der Waals surface area contributed by atoms with Gasteiger partial charge in [0.15, 0.2) is 5.92 Å². The molecule has 1 amide bonds. The number of ether oxygens (including phenoxy) is 1. The minimum Gasteiger partial charge on any atom is -0.465 e. The van der Waals surface area contributed by atoms with E-state index in [1.54, 1.807) is 6.92 Å². The summed E-state index contributed by atoms with van der Waals surface area (Å²) < 4.78 is 7.14. The van der Waals surface area contributed by atoms with Crippen LogP contribution in [0, 0.1) is 12.8 Å². The van der Waals surface area contributed by atoms with Crippen molar-refractivity contribution in [3.63, 3.8) is 0 Å². The number of anilines is 1. The lowest BCUT2D eigenvalue weighted by molar-refractivity contribution is -0.152. The summed E-state index contributed by atoms with van der Waals surface area (Å²) in [5.41, 5.74) is 3.55. The molecule has 6 heteroatoms. The van der Waals surface area contributed by atoms with E-state index in [4.69, 9.17) is 4.74 Å². The normalized spacial score (nSPS) is 19.1. The maximum atomic E-state index is 12.8. The first-order valence-corrected chi connectivity index (χ1v) is 8.61. The second-order valence-corrected chi connectivity index (χ2v) is 6.31. The zero-order valence-electron chi connectivity index (χ0n) is 14.6. The molecule has 26 heavy (non-hydrogen) atoms. The summed E-state index contributed by atoms with van der Waals surface area (Å²) in [5, 5.41) is 2.77. The van der Waals surface area contributed by atoms with Crippen LogP contribution in [0.3, 0.4) is 0 Å². The summed E-state index contributed by atoms with van der Waals surface area (Å²) in [6.45, 7) is 3.93. The molecule has 0 saturated carbocycles. The van der Waals surface area contributed by atoms with Crippen LogP contribution in [0.15, 0.2) is 48.5 Å². The van der Waals surface area contributed by atoms with Gasteiger partial charge in [-0.15, -0.1) is 0 Å². The Morgan fingerprint density at radius 3 is 2.69 bits per heavy atom. The van der Waals surface area contributed by atoms with Gasteiger partial charge in [0, 0.05) is 0 Å². The maximum Gasteiger partial charge on any atom is 0.321 e. The van der Waals surface area contributed by atoms with Crippen molar-refractivity contribution in [1.82, 2.24) is 9.55 Å². The number of esters is 1. The van der Waals surface area contributed by atoms with Gasteiger partial charge in [0.2, 0.25) is 11.9 Å². The van der Waals surface area contributed by atoms with E-state index in [0.717, 1.165) is 22.2 Å². The number of fused-ring (bicyclic) bond motifs is 3. The van der Waals surface area contributed by atoms with Crippen molar-refractivity contribution >= 4 is 28.9 Å². The quantitative estimate of drug-likeness (QED) is 0.583. The van der Waals surface area contributed by atoms with Gasteiger partial charge in [0.1, 0.15) is 0 Å². The average Bonchev–Trinajstić information content (AvgIpc) is 2.99. The van der Waals surface area contributed by atoms with Crippen molar-refractivity contribution < 1.29 is 14.3 Å². The number of hydrogen-bond donors (Lipinski definition) is 1. The lowest BCUT2D eigenvalue weighted by Crippen LogP contribution is -2.43. The molecule has 0 radical (unpaired) electrons. The van der Waals surface area contributed by atoms with Crippen LogP contribution < -0.4 is 5.32 Å². The Kier molecular flexibility index (Phi) is 3.95. The number of para-hydroxylation sites is 2. The second-order valence-electron chi connectivity index (χ2n) is 6.31. The molecular formula is C20H19N3O3. The fraction of sp³-hybridized carbons (Fsp3) is 0.250. The molecule has 0 bridgehead atoms. The van der Waals surface area contributed by atoms with Gasteiger partial charge < -0.3 is 9.30 Å². The largest absolute Gasteiger partial charge is 0.465 e. The summed E-state index contributed by atoms with van der Waals surface area (Å²) in [5.74, 6) is -1.44. The van der Waals surface area contributed by atoms with Crippen LogP contribution in [-0.4, -0.2) is 28.0 Å². The zero-order chi connectivity index (χ0) is 18.3. The molecule has 2 aromatic carbocycles. The Morgan fingerprint density at radius 2 is 1.92 bits per heavy atom. The predicted molar refractivity (Wildman–Crippen MR) is 97.8 cm³/mol. The first kappa shape index (κ1) is 16.3. The van der Waals surface area contributed by atoms with Crippen LogP contribution in [0.25, 0.3) is 11.0 Å². The van der Waals surface area contributed by atoms with E-state index in [-0.39, 0.29) is 12.5 Å². The fourth-order valence-corrected chi connectivity index (χ4v) is 3.60. The molecule has 1 aliphatic rings. The highest BCUT2D eigenvalue weighted by Gasteiger charge is 2.44. The van der Waals surface area contributed by atoms with Crippen molar-refractivity contribution in [1.29, 1.82) is 0 Å². The number of rotatable bonds is 3. The molecule has 1 aliphatic heterocycles. The lowest BCUT2D eigenvalue weighted by atomic mass is 9.88. The van der Waals surface area contributed by atoms with E-state index in [2.05, 4.69) is 10.3 Å². The summed E-state index contributed by atoms with van der Waals surface area (Å²) in [7, 11) is 0. The van der Waals surface area contributed by atoms with Crippen molar-refractivity contribution in [3.05, 3.63) is 59.7 Å². The van der Waals surface area contributed by atoms with Crippen LogP contribution in [0.1, 0.15) is 24.1 Å². The fourth-order valence-electron chi connectivity index (χ4n) is 3.60. The number of imidazole rings is 1. The van der Waals surface area contributed by atoms with Crippen molar-refractivity contribution in [3.8, 4) is 0 Å². The molecule has 2 atom stereocenters. The van der Waals surface area contributed by atoms with Crippen molar-refractivity contribution in [2.24, 2.45) is 5.92 Å². The summed E-state index contributed by atoms with van der Waals surface area (Å²) in [6.07, 6.45) is 0. The van der Waals surface area contributed by atoms with Crippen LogP contribution in [0.4, 0.5) is 5.95 Å². The van der Waals surface area contributed by atoms with E-state index >= 15 is 0 Å². The second kappa shape index (κ2) is 6.29. The number of amides is 1. The monoisotopic (exact) mass is 349 g/mol. The van der Waals surface area contributed by atoms with Crippen molar-refractivity contribution in [2.75, 3.05) is 11.9 Å². The summed E-state index contributed by atoms with van der Waals surface area (Å²) in [6, 6.07) is 14.9. The predicted octanol–water partition coefficient (Wildman–Crippen LogP) is 3.07. The van der Waals surface area contributed by atoms with Gasteiger partial charge in [0.05, 0.1) is 23.7 Å². The first-order valence-electron chi connectivity index (χ1n) is 8.61. The van der Waals surface area contributed by atoms with Crippen LogP contribution in [0.5, 0.6) is 0 Å². The number of aromatic nitrogens is 2. The van der Waals surface area contributed by atoms with Gasteiger partial charge in [-0.05, 0) is 37.1 Å². The Morgan fingerprint density at radius 1 is 1.19 bits per heavy atom. The van der Waals surface area contributed by atoms with E-state index in [0.29, 0.717) is 5.95 Å². The minimum absolute atomic E-state index is 0.223. The third-order valence-corrected chi connectivity index (χ3v) is 4.75. The molecule has 4 rings (SSSR count). The molecular weight excluding hydrogens is 330 g/mol. The maximum absolute atomic E-state index is 12.8. The molecule has 1 aromatic heterocycles. The zero-order valence-corrected chi connectivity index (χ0v) is 14.6. The van der Waals surface area contributed by atoms with Gasteiger partial charge in [-0.3, -0.25) is 14.9 Å². The number of nitrogens with zero attached hydrogens (tertiary/aromatic N) is 2. The minimum atomic E-state index is -0.971. The van der Waals surface area contributed by atoms with Crippen LogP contribution >= 0.6 is 0 Å². The van der Waals surface area contributed by atoms with E-state index in [1.807, 2.05) is 60.0 Å². The highest BCUT2D eigenvalue weighted by Crippen LogP contribution is 2.39. The van der Waals surface area contributed by atoms with Crippen LogP contribution in [-0.2, 0) is 14.3 Å². The molecule has 2 heterocycles. The topological polar surface area (TPSA) is 73.2 Å². The van der Waals surface area contributed by atoms with E-state index in [1.165, 1.54) is 0 Å². The van der Waals surface area contributed by atoms with E-state index < -0.39 is 17.9 Å². The van der Waals surface area contributed by atoms with Gasteiger partial charge in [-0.25, -0.2) is 4.98 Å². The third-order valence-electron chi connectivity index (χ3n) is 4.75. The number of carbonyl (C=O) groups is 2. The molecule has 1 N–H and O–H groups in total. The molecule has 3 aromatic rings. The molecule has 0 unspecified atom stereocenters. The number of carbonyl (C=O) groups excluding carboxylic acids is 2. The summed E-state index contributed by atoms with van der Waals surface area (Å²) >= 11 is 0. The van der Waals surface area contributed by atoms with Gasteiger partial charge >= 0.3 is 5.97 Å². The first-order chi connectivity index (χ1) is 12.6. The number of nitrogens with one attached hydrogen (secondary N) is 1. The van der Waals surface area contributed by atoms with Gasteiger partial charge in [0.25, 0.3) is 0 Å². The third kappa shape index (κ3) is 2.45. The standard InChI is InChI=1S/C20H19N3O3/c1-3-26-19(25)16-17(13-9-5-4-8-12(13)2)23-15-11-7-6-10-14(15)21-20(23)22-18(16)24/h4-11,16-17H,3H2,1-2H3,(H,21,22,24)/t16-,17+/m1/s1. The molecule has 132 valence electrons. The van der Waals surface area contributed by atoms with Crippen molar-refractivity contribution in [2.45, 2.75) is 19.9 Å². The molecule has 0 fully saturated rings. The highest BCUT2D eigenvalue weighted by atomic mass is 16.5. The Labute approximate surface area is 150 Å². The highest BCUT2D eigenvalue weighted by molar-refractivity contribution is 6.07. The van der Waals surface area contributed by atoms with Gasteiger partial charge in [-0.2, -0.15) is 0 Å². The Balaban J connectivity index is 1.99.